The first-order valence-electron chi connectivity index (χ1n) is 9.41. The van der Waals surface area contributed by atoms with Gasteiger partial charge < -0.3 is 14.8 Å². The molecule has 0 bridgehead atoms. The molecule has 1 aliphatic heterocycles. The Labute approximate surface area is 168 Å². The lowest BCUT2D eigenvalue weighted by Gasteiger charge is -2.29. The molecule has 0 aliphatic carbocycles. The van der Waals surface area contributed by atoms with Crippen LogP contribution in [0.3, 0.4) is 0 Å². The number of nitrogens with one attached hydrogen (secondary N) is 1. The zero-order valence-electron chi connectivity index (χ0n) is 15.7. The molecule has 2 N–H and O–H groups in total. The number of amides is 1. The molecule has 3 aromatic rings. The average molecular weight is 414 g/mol. The van der Waals surface area contributed by atoms with E-state index in [-0.39, 0.29) is 23.9 Å². The lowest BCUT2D eigenvalue weighted by Crippen LogP contribution is -2.42. The van der Waals surface area contributed by atoms with Crippen LogP contribution in [0.15, 0.2) is 59.9 Å². The molecule has 29 heavy (non-hydrogen) atoms. The number of carbonyl (C=O) groups is 1. The Balaban J connectivity index is 1.40. The third-order valence-electron chi connectivity index (χ3n) is 5.02. The van der Waals surface area contributed by atoms with Gasteiger partial charge in [-0.25, -0.2) is 13.4 Å². The van der Waals surface area contributed by atoms with E-state index in [4.69, 9.17) is 0 Å². The molecule has 2 aromatic heterocycles. The van der Waals surface area contributed by atoms with Gasteiger partial charge in [-0.15, -0.1) is 0 Å². The molecule has 1 fully saturated rings. The van der Waals surface area contributed by atoms with Gasteiger partial charge >= 0.3 is 0 Å². The largest absolute Gasteiger partial charge is 0.392 e. The van der Waals surface area contributed by atoms with Crippen LogP contribution in [0.2, 0.25) is 0 Å². The van der Waals surface area contributed by atoms with Gasteiger partial charge in [-0.1, -0.05) is 12.1 Å². The molecular formula is C20H22N4O4S. The molecule has 3 heterocycles. The van der Waals surface area contributed by atoms with Gasteiger partial charge in [0.2, 0.25) is 10.0 Å². The summed E-state index contributed by atoms with van der Waals surface area (Å²) in [6.07, 6.45) is 5.80. The van der Waals surface area contributed by atoms with Crippen LogP contribution in [0.5, 0.6) is 0 Å². The fraction of sp³-hybridized carbons (Fsp3) is 0.300. The van der Waals surface area contributed by atoms with Crippen molar-refractivity contribution in [2.75, 3.05) is 13.1 Å². The van der Waals surface area contributed by atoms with E-state index < -0.39 is 16.1 Å². The van der Waals surface area contributed by atoms with Crippen molar-refractivity contribution in [2.45, 2.75) is 30.4 Å². The number of rotatable bonds is 5. The van der Waals surface area contributed by atoms with Gasteiger partial charge in [-0.2, -0.15) is 4.31 Å². The van der Waals surface area contributed by atoms with Gasteiger partial charge in [0, 0.05) is 38.2 Å². The van der Waals surface area contributed by atoms with Gasteiger partial charge in [0.25, 0.3) is 5.91 Å². The number of sulfonamides is 1. The van der Waals surface area contributed by atoms with Crippen LogP contribution in [0.1, 0.15) is 28.8 Å². The van der Waals surface area contributed by atoms with E-state index in [0.29, 0.717) is 24.9 Å². The highest BCUT2D eigenvalue weighted by Gasteiger charge is 2.29. The fourth-order valence-corrected chi connectivity index (χ4v) is 4.92. The van der Waals surface area contributed by atoms with Crippen LogP contribution in [0.25, 0.3) is 5.65 Å². The summed E-state index contributed by atoms with van der Waals surface area (Å²) >= 11 is 0. The number of carbonyl (C=O) groups excluding carboxylic acids is 1. The Morgan fingerprint density at radius 2 is 2.00 bits per heavy atom. The Morgan fingerprint density at radius 1 is 1.21 bits per heavy atom. The molecular weight excluding hydrogens is 392 g/mol. The van der Waals surface area contributed by atoms with E-state index in [0.717, 1.165) is 11.2 Å². The molecule has 1 aliphatic rings. The summed E-state index contributed by atoms with van der Waals surface area (Å²) in [5, 5.41) is 12.6. The van der Waals surface area contributed by atoms with Gasteiger partial charge in [-0.05, 0) is 42.7 Å². The molecule has 152 valence electrons. The summed E-state index contributed by atoms with van der Waals surface area (Å²) in [5.74, 6) is -0.223. The highest BCUT2D eigenvalue weighted by molar-refractivity contribution is 7.89. The van der Waals surface area contributed by atoms with Crippen molar-refractivity contribution in [1.29, 1.82) is 0 Å². The zero-order chi connectivity index (χ0) is 20.4. The Morgan fingerprint density at radius 3 is 2.76 bits per heavy atom. The minimum atomic E-state index is -3.62. The van der Waals surface area contributed by atoms with Gasteiger partial charge in [-0.3, -0.25) is 4.79 Å². The number of piperidine rings is 1. The van der Waals surface area contributed by atoms with Gasteiger partial charge in [0.05, 0.1) is 16.6 Å². The van der Waals surface area contributed by atoms with Gasteiger partial charge in [0.1, 0.15) is 5.65 Å². The van der Waals surface area contributed by atoms with Crippen molar-refractivity contribution in [3.8, 4) is 0 Å². The lowest BCUT2D eigenvalue weighted by molar-refractivity contribution is 0.0950. The average Bonchev–Trinajstić information content (AvgIpc) is 3.20. The van der Waals surface area contributed by atoms with E-state index in [1.54, 1.807) is 47.3 Å². The molecule has 0 saturated carbocycles. The molecule has 0 spiro atoms. The normalized spacial score (nSPS) is 18.0. The van der Waals surface area contributed by atoms with Crippen LogP contribution in [0.4, 0.5) is 0 Å². The Kier molecular flexibility index (Phi) is 5.35. The Bertz CT molecular complexity index is 1120. The molecule has 4 rings (SSSR count). The molecule has 9 heteroatoms. The topological polar surface area (TPSA) is 104 Å². The van der Waals surface area contributed by atoms with Crippen LogP contribution in [-0.2, 0) is 16.6 Å². The smallest absolute Gasteiger partial charge is 0.253 e. The fourth-order valence-electron chi connectivity index (χ4n) is 3.41. The SMILES string of the molecule is O=C(NCc1ccc(S(=O)(=O)N2CCC[C@@H](O)C2)cc1)c1ccc2nccn2c1. The third kappa shape index (κ3) is 4.16. The summed E-state index contributed by atoms with van der Waals surface area (Å²) in [4.78, 5) is 16.7. The first-order valence-corrected chi connectivity index (χ1v) is 10.9. The van der Waals surface area contributed by atoms with Crippen LogP contribution < -0.4 is 5.32 Å². The van der Waals surface area contributed by atoms with Crippen LogP contribution in [0, 0.1) is 0 Å². The third-order valence-corrected chi connectivity index (χ3v) is 6.90. The number of hydrogen-bond donors (Lipinski definition) is 2. The molecule has 1 saturated heterocycles. The molecule has 1 atom stereocenters. The van der Waals surface area contributed by atoms with Crippen molar-refractivity contribution >= 4 is 21.6 Å². The second-order valence-electron chi connectivity index (χ2n) is 7.10. The molecule has 8 nitrogen and oxygen atoms in total. The van der Waals surface area contributed by atoms with Crippen LogP contribution >= 0.6 is 0 Å². The number of aliphatic hydroxyl groups excluding tert-OH is 1. The number of hydrogen-bond acceptors (Lipinski definition) is 5. The van der Waals surface area contributed by atoms with Crippen molar-refractivity contribution in [3.05, 3.63) is 66.1 Å². The minimum absolute atomic E-state index is 0.126. The lowest BCUT2D eigenvalue weighted by atomic mass is 10.1. The van der Waals surface area contributed by atoms with Crippen molar-refractivity contribution in [1.82, 2.24) is 19.0 Å². The van der Waals surface area contributed by atoms with Gasteiger partial charge in [0.15, 0.2) is 0 Å². The van der Waals surface area contributed by atoms with E-state index in [2.05, 4.69) is 10.3 Å². The highest BCUT2D eigenvalue weighted by Crippen LogP contribution is 2.21. The number of imidazole rings is 1. The van der Waals surface area contributed by atoms with Crippen molar-refractivity contribution < 1.29 is 18.3 Å². The molecule has 0 radical (unpaired) electrons. The van der Waals surface area contributed by atoms with E-state index in [1.807, 2.05) is 0 Å². The Hall–Kier alpha value is -2.75. The summed E-state index contributed by atoms with van der Waals surface area (Å²) in [6, 6.07) is 9.93. The standard InChI is InChI=1S/C20H22N4O4S/c25-17-2-1-10-24(14-17)29(27,28)18-6-3-15(4-7-18)12-22-20(26)16-5-8-19-21-9-11-23(19)13-16/h3-9,11,13,17,25H,1-2,10,12,14H2,(H,22,26)/t17-/m1/s1. The van der Waals surface area contributed by atoms with E-state index in [1.165, 1.54) is 16.4 Å². The highest BCUT2D eigenvalue weighted by atomic mass is 32.2. The number of aromatic nitrogens is 2. The summed E-state index contributed by atoms with van der Waals surface area (Å²) in [6.45, 7) is 0.823. The number of nitrogens with zero attached hydrogens (tertiary/aromatic N) is 3. The number of β-amino-alcohol motifs (C(OH)–C–C–N with tert-alkyl or cyclic N) is 1. The van der Waals surface area contributed by atoms with Crippen molar-refractivity contribution in [2.24, 2.45) is 0 Å². The summed E-state index contributed by atoms with van der Waals surface area (Å²) in [5.41, 5.74) is 2.07. The molecule has 0 unspecified atom stereocenters. The van der Waals surface area contributed by atoms with E-state index in [9.17, 15) is 18.3 Å². The van der Waals surface area contributed by atoms with E-state index >= 15 is 0 Å². The molecule has 1 aromatic carbocycles. The van der Waals surface area contributed by atoms with Crippen molar-refractivity contribution in [3.63, 3.8) is 0 Å². The first kappa shape index (κ1) is 19.6. The summed E-state index contributed by atoms with van der Waals surface area (Å²) < 4.78 is 28.5. The maximum atomic E-state index is 12.7. The monoisotopic (exact) mass is 414 g/mol. The quantitative estimate of drug-likeness (QED) is 0.657. The summed E-state index contributed by atoms with van der Waals surface area (Å²) in [7, 11) is -3.62. The molecule has 1 amide bonds. The maximum Gasteiger partial charge on any atom is 0.253 e. The second-order valence-corrected chi connectivity index (χ2v) is 9.03. The second kappa shape index (κ2) is 7.94. The number of fused-ring (bicyclic) bond motifs is 1. The number of benzene rings is 1. The predicted octanol–water partition coefficient (Wildman–Crippen LogP) is 1.41. The maximum absolute atomic E-state index is 12.7. The minimum Gasteiger partial charge on any atom is -0.392 e. The van der Waals surface area contributed by atoms with Crippen LogP contribution in [-0.4, -0.2) is 52.3 Å². The number of aliphatic hydroxyl groups is 1. The zero-order valence-corrected chi connectivity index (χ0v) is 16.5. The predicted molar refractivity (Wildman–Crippen MR) is 107 cm³/mol. The first-order chi connectivity index (χ1) is 13.9. The number of pyridine rings is 1.